The Bertz CT molecular complexity index is 421. The molecule has 0 saturated carbocycles. The first kappa shape index (κ1) is 14.3. The molecule has 0 fully saturated rings. The predicted octanol–water partition coefficient (Wildman–Crippen LogP) is 2.62. The normalized spacial score (nSPS) is 13.1. The number of anilines is 1. The van der Waals surface area contributed by atoms with Gasteiger partial charge in [-0.3, -0.25) is 4.79 Å². The number of carboxylic acids is 1. The molecule has 1 aromatic heterocycles. The van der Waals surface area contributed by atoms with Crippen LogP contribution in [0.3, 0.4) is 0 Å². The molecule has 1 heterocycles. The second kappa shape index (κ2) is 5.70. The van der Waals surface area contributed by atoms with Gasteiger partial charge in [0.25, 0.3) is 0 Å². The Kier molecular flexibility index (Phi) is 4.52. The van der Waals surface area contributed by atoms with Crippen molar-refractivity contribution in [3.8, 4) is 0 Å². The summed E-state index contributed by atoms with van der Waals surface area (Å²) in [5.74, 6) is -1.40. The summed E-state index contributed by atoms with van der Waals surface area (Å²) in [7, 11) is 0. The third-order valence-corrected chi connectivity index (χ3v) is 2.34. The maximum atomic E-state index is 12.4. The number of nitrogens with zero attached hydrogens (tertiary/aromatic N) is 1. The number of aliphatic carboxylic acids is 1. The highest BCUT2D eigenvalue weighted by Gasteiger charge is 2.32. The summed E-state index contributed by atoms with van der Waals surface area (Å²) in [6, 6.07) is 3.53. The molecular weight excluding hydrogens is 249 g/mol. The molecule has 4 nitrogen and oxygen atoms in total. The molecule has 2 N–H and O–H groups in total. The lowest BCUT2D eigenvalue weighted by Gasteiger charge is -2.10. The van der Waals surface area contributed by atoms with E-state index in [0.717, 1.165) is 6.07 Å². The van der Waals surface area contributed by atoms with Gasteiger partial charge >= 0.3 is 12.1 Å². The van der Waals surface area contributed by atoms with E-state index in [2.05, 4.69) is 10.3 Å². The van der Waals surface area contributed by atoms with E-state index in [1.165, 1.54) is 19.1 Å². The van der Waals surface area contributed by atoms with E-state index in [9.17, 15) is 18.0 Å². The van der Waals surface area contributed by atoms with Gasteiger partial charge in [0.15, 0.2) is 0 Å². The lowest BCUT2D eigenvalue weighted by Crippen LogP contribution is -2.15. The van der Waals surface area contributed by atoms with Crippen LogP contribution in [0.4, 0.5) is 19.0 Å². The molecule has 0 saturated heterocycles. The first-order valence-electron chi connectivity index (χ1n) is 5.31. The zero-order valence-corrected chi connectivity index (χ0v) is 9.66. The van der Waals surface area contributed by atoms with E-state index < -0.39 is 23.8 Å². The van der Waals surface area contributed by atoms with Crippen LogP contribution in [0.15, 0.2) is 18.2 Å². The van der Waals surface area contributed by atoms with E-state index in [1.807, 2.05) is 0 Å². The molecule has 0 aliphatic rings. The van der Waals surface area contributed by atoms with Crippen LogP contribution in [0.25, 0.3) is 0 Å². The molecule has 0 bridgehead atoms. The third-order valence-electron chi connectivity index (χ3n) is 2.34. The van der Waals surface area contributed by atoms with Crippen molar-refractivity contribution in [1.82, 2.24) is 4.98 Å². The lowest BCUT2D eigenvalue weighted by molar-refractivity contribution is -0.141. The van der Waals surface area contributed by atoms with Gasteiger partial charge in [0.1, 0.15) is 11.5 Å². The van der Waals surface area contributed by atoms with E-state index in [-0.39, 0.29) is 12.4 Å². The Balaban J connectivity index is 2.56. The summed E-state index contributed by atoms with van der Waals surface area (Å²) >= 11 is 0. The van der Waals surface area contributed by atoms with E-state index in [1.54, 1.807) is 0 Å². The zero-order chi connectivity index (χ0) is 13.8. The van der Waals surface area contributed by atoms with Crippen LogP contribution in [-0.2, 0) is 11.0 Å². The number of carbonyl (C=O) groups is 1. The van der Waals surface area contributed by atoms with Gasteiger partial charge in [-0.05, 0) is 18.6 Å². The molecule has 100 valence electrons. The number of hydrogen-bond donors (Lipinski definition) is 2. The Labute approximate surface area is 102 Å². The molecule has 0 spiro atoms. The van der Waals surface area contributed by atoms with Crippen molar-refractivity contribution >= 4 is 11.8 Å². The standard InChI is InChI=1S/C11H13F3N2O2/c1-7(10(17)18)5-6-15-9-4-2-3-8(16-9)11(12,13)14/h2-4,7H,5-6H2,1H3,(H,15,16)(H,17,18). The van der Waals surface area contributed by atoms with Gasteiger partial charge in [0, 0.05) is 6.54 Å². The Morgan fingerprint density at radius 2 is 2.17 bits per heavy atom. The highest BCUT2D eigenvalue weighted by Crippen LogP contribution is 2.28. The van der Waals surface area contributed by atoms with Crippen molar-refractivity contribution in [2.24, 2.45) is 5.92 Å². The summed E-state index contributed by atoms with van der Waals surface area (Å²) in [5.41, 5.74) is -0.973. The van der Waals surface area contributed by atoms with Crippen molar-refractivity contribution in [3.05, 3.63) is 23.9 Å². The minimum atomic E-state index is -4.48. The van der Waals surface area contributed by atoms with Crippen molar-refractivity contribution in [2.75, 3.05) is 11.9 Å². The van der Waals surface area contributed by atoms with Gasteiger partial charge in [-0.1, -0.05) is 13.0 Å². The molecule has 1 unspecified atom stereocenters. The fourth-order valence-electron chi connectivity index (χ4n) is 1.23. The third kappa shape index (κ3) is 4.23. The summed E-state index contributed by atoms with van der Waals surface area (Å²) in [6.45, 7) is 1.78. The monoisotopic (exact) mass is 262 g/mol. The number of alkyl halides is 3. The van der Waals surface area contributed by atoms with Gasteiger partial charge in [-0.15, -0.1) is 0 Å². The molecule has 7 heteroatoms. The van der Waals surface area contributed by atoms with Crippen LogP contribution in [0.1, 0.15) is 19.0 Å². The van der Waals surface area contributed by atoms with Crippen LogP contribution in [-0.4, -0.2) is 22.6 Å². The summed E-state index contributed by atoms with van der Waals surface area (Å²) in [5, 5.41) is 11.3. The number of halogens is 3. The van der Waals surface area contributed by atoms with Crippen LogP contribution >= 0.6 is 0 Å². The SMILES string of the molecule is CC(CCNc1cccc(C(F)(F)F)n1)C(=O)O. The van der Waals surface area contributed by atoms with Gasteiger partial charge in [-0.25, -0.2) is 4.98 Å². The van der Waals surface area contributed by atoms with E-state index >= 15 is 0 Å². The number of aromatic nitrogens is 1. The number of rotatable bonds is 5. The molecule has 1 aromatic rings. The van der Waals surface area contributed by atoms with E-state index in [4.69, 9.17) is 5.11 Å². The second-order valence-corrected chi connectivity index (χ2v) is 3.86. The lowest BCUT2D eigenvalue weighted by atomic mass is 10.1. The number of carboxylic acid groups (broad SMARTS) is 1. The smallest absolute Gasteiger partial charge is 0.433 e. The molecule has 0 aliphatic heterocycles. The molecule has 1 atom stereocenters. The highest BCUT2D eigenvalue weighted by atomic mass is 19.4. The molecule has 0 aliphatic carbocycles. The first-order valence-corrected chi connectivity index (χ1v) is 5.31. The van der Waals surface area contributed by atoms with Crippen molar-refractivity contribution < 1.29 is 23.1 Å². The number of hydrogen-bond acceptors (Lipinski definition) is 3. The van der Waals surface area contributed by atoms with Crippen molar-refractivity contribution in [1.29, 1.82) is 0 Å². The largest absolute Gasteiger partial charge is 0.481 e. The summed E-state index contributed by atoms with van der Waals surface area (Å²) in [6.07, 6.45) is -4.17. The number of nitrogens with one attached hydrogen (secondary N) is 1. The van der Waals surface area contributed by atoms with Crippen LogP contribution in [0.5, 0.6) is 0 Å². The maximum Gasteiger partial charge on any atom is 0.433 e. The fraction of sp³-hybridized carbons (Fsp3) is 0.455. The molecule has 0 amide bonds. The highest BCUT2D eigenvalue weighted by molar-refractivity contribution is 5.69. The molecule has 0 radical (unpaired) electrons. The summed E-state index contributed by atoms with van der Waals surface area (Å²) in [4.78, 5) is 13.9. The Hall–Kier alpha value is -1.79. The average Bonchev–Trinajstić information content (AvgIpc) is 2.28. The zero-order valence-electron chi connectivity index (χ0n) is 9.66. The topological polar surface area (TPSA) is 62.2 Å². The van der Waals surface area contributed by atoms with Gasteiger partial charge in [0.2, 0.25) is 0 Å². The fourth-order valence-corrected chi connectivity index (χ4v) is 1.23. The van der Waals surface area contributed by atoms with Gasteiger partial charge < -0.3 is 10.4 Å². The van der Waals surface area contributed by atoms with E-state index in [0.29, 0.717) is 6.42 Å². The Morgan fingerprint density at radius 3 is 2.72 bits per heavy atom. The quantitative estimate of drug-likeness (QED) is 0.856. The molecule has 1 rings (SSSR count). The summed E-state index contributed by atoms with van der Waals surface area (Å²) < 4.78 is 37.1. The first-order chi connectivity index (χ1) is 8.30. The van der Waals surface area contributed by atoms with Crippen molar-refractivity contribution in [3.63, 3.8) is 0 Å². The minimum absolute atomic E-state index is 0.0856. The molecular formula is C11H13F3N2O2. The van der Waals surface area contributed by atoms with Crippen molar-refractivity contribution in [2.45, 2.75) is 19.5 Å². The average molecular weight is 262 g/mol. The molecule has 0 aromatic carbocycles. The van der Waals surface area contributed by atoms with Crippen LogP contribution in [0, 0.1) is 5.92 Å². The minimum Gasteiger partial charge on any atom is -0.481 e. The molecule has 18 heavy (non-hydrogen) atoms. The Morgan fingerprint density at radius 1 is 1.50 bits per heavy atom. The number of pyridine rings is 1. The van der Waals surface area contributed by atoms with Gasteiger partial charge in [0.05, 0.1) is 5.92 Å². The van der Waals surface area contributed by atoms with Crippen LogP contribution in [0.2, 0.25) is 0 Å². The van der Waals surface area contributed by atoms with Crippen LogP contribution < -0.4 is 5.32 Å². The van der Waals surface area contributed by atoms with Gasteiger partial charge in [-0.2, -0.15) is 13.2 Å². The second-order valence-electron chi connectivity index (χ2n) is 3.86. The predicted molar refractivity (Wildman–Crippen MR) is 59.1 cm³/mol. The maximum absolute atomic E-state index is 12.4.